The van der Waals surface area contributed by atoms with E-state index < -0.39 is 30.4 Å². The zero-order valence-electron chi connectivity index (χ0n) is 9.36. The van der Waals surface area contributed by atoms with Crippen molar-refractivity contribution in [3.05, 3.63) is 0 Å². The Labute approximate surface area is 95.8 Å². The Hall–Kier alpha value is -0.720. The molecule has 102 valence electrons. The molecule has 0 aliphatic carbocycles. The minimum atomic E-state index is -5.76. The molecule has 0 rings (SSSR count). The summed E-state index contributed by atoms with van der Waals surface area (Å²) >= 11 is 0. The van der Waals surface area contributed by atoms with Gasteiger partial charge in [0.1, 0.15) is 6.10 Å². The summed E-state index contributed by atoms with van der Waals surface area (Å²) in [6.07, 6.45) is -7.69. The van der Waals surface area contributed by atoms with E-state index in [1.807, 2.05) is 6.92 Å². The lowest BCUT2D eigenvalue weighted by Gasteiger charge is -2.20. The number of hydrogen-bond donors (Lipinski definition) is 1. The first-order valence-corrected chi connectivity index (χ1v) is 5.27. The second kappa shape index (κ2) is 6.28. The normalized spacial score (nSPS) is 14.8. The van der Waals surface area contributed by atoms with Crippen LogP contribution in [-0.4, -0.2) is 29.1 Å². The third-order valence-corrected chi connectivity index (χ3v) is 2.26. The van der Waals surface area contributed by atoms with Gasteiger partial charge in [-0.15, -0.1) is 0 Å². The van der Waals surface area contributed by atoms with E-state index in [4.69, 9.17) is 5.11 Å². The number of alkyl halides is 5. The van der Waals surface area contributed by atoms with Gasteiger partial charge in [0.15, 0.2) is 5.78 Å². The van der Waals surface area contributed by atoms with Gasteiger partial charge in [0.25, 0.3) is 0 Å². The highest BCUT2D eigenvalue weighted by atomic mass is 19.4. The van der Waals surface area contributed by atoms with Gasteiger partial charge in [-0.2, -0.15) is 22.0 Å². The Bertz CT molecular complexity index is 250. The molecular formula is C10H15F5O2. The lowest BCUT2D eigenvalue weighted by Crippen LogP contribution is -2.40. The maximum Gasteiger partial charge on any atom is 0.453 e. The highest BCUT2D eigenvalue weighted by molar-refractivity contribution is 5.83. The Kier molecular flexibility index (Phi) is 6.01. The van der Waals surface area contributed by atoms with Crippen molar-refractivity contribution in [2.45, 2.75) is 57.2 Å². The molecule has 17 heavy (non-hydrogen) atoms. The molecule has 0 saturated heterocycles. The number of unbranched alkanes of at least 4 members (excludes halogenated alkanes) is 2. The van der Waals surface area contributed by atoms with E-state index in [2.05, 4.69) is 0 Å². The molecule has 0 saturated carbocycles. The number of ketones is 1. The maximum atomic E-state index is 12.5. The summed E-state index contributed by atoms with van der Waals surface area (Å²) in [5.41, 5.74) is 0. The van der Waals surface area contributed by atoms with Crippen LogP contribution in [0.3, 0.4) is 0 Å². The Balaban J connectivity index is 4.25. The Morgan fingerprint density at radius 1 is 1.18 bits per heavy atom. The summed E-state index contributed by atoms with van der Waals surface area (Å²) in [7, 11) is 0. The van der Waals surface area contributed by atoms with Crippen LogP contribution >= 0.6 is 0 Å². The van der Waals surface area contributed by atoms with E-state index in [1.54, 1.807) is 0 Å². The topological polar surface area (TPSA) is 37.3 Å². The fourth-order valence-electron chi connectivity index (χ4n) is 1.19. The maximum absolute atomic E-state index is 12.5. The SMILES string of the molecule is CCCCCC(O)C(=O)CC(F)(F)C(F)(F)F. The molecule has 0 aliphatic rings. The molecule has 0 radical (unpaired) electrons. The molecule has 0 fully saturated rings. The number of carbonyl (C=O) groups excluding carboxylic acids is 1. The van der Waals surface area contributed by atoms with Gasteiger partial charge in [0, 0.05) is 0 Å². The zero-order chi connectivity index (χ0) is 13.7. The average molecular weight is 262 g/mol. The molecule has 0 spiro atoms. The van der Waals surface area contributed by atoms with Gasteiger partial charge < -0.3 is 5.11 Å². The minimum Gasteiger partial charge on any atom is -0.385 e. The van der Waals surface area contributed by atoms with Crippen LogP contribution in [0, 0.1) is 0 Å². The summed E-state index contributed by atoms with van der Waals surface area (Å²) < 4.78 is 60.3. The van der Waals surface area contributed by atoms with Crippen molar-refractivity contribution in [2.24, 2.45) is 0 Å². The van der Waals surface area contributed by atoms with E-state index in [0.717, 1.165) is 6.42 Å². The summed E-state index contributed by atoms with van der Waals surface area (Å²) in [5.74, 6) is -6.54. The van der Waals surface area contributed by atoms with E-state index >= 15 is 0 Å². The molecule has 2 nitrogen and oxygen atoms in total. The number of Topliss-reactive ketones (excluding diaryl/α,β-unsaturated/α-hetero) is 1. The molecule has 0 aromatic rings. The summed E-state index contributed by atoms with van der Waals surface area (Å²) in [6, 6.07) is 0. The lowest BCUT2D eigenvalue weighted by atomic mass is 10.0. The molecular weight excluding hydrogens is 247 g/mol. The van der Waals surface area contributed by atoms with E-state index in [1.165, 1.54) is 0 Å². The average Bonchev–Trinajstić information content (AvgIpc) is 2.15. The van der Waals surface area contributed by atoms with Crippen molar-refractivity contribution in [2.75, 3.05) is 0 Å². The van der Waals surface area contributed by atoms with Gasteiger partial charge in [-0.05, 0) is 6.42 Å². The highest BCUT2D eigenvalue weighted by Gasteiger charge is 2.58. The van der Waals surface area contributed by atoms with Crippen LogP contribution in [0.1, 0.15) is 39.0 Å². The standard InChI is InChI=1S/C10H15F5O2/c1-2-3-4-5-7(16)8(17)6-9(11,12)10(13,14)15/h7,16H,2-6H2,1H3. The molecule has 1 unspecified atom stereocenters. The molecule has 7 heteroatoms. The van der Waals surface area contributed by atoms with Crippen molar-refractivity contribution < 1.29 is 31.9 Å². The molecule has 1 N–H and O–H groups in total. The van der Waals surface area contributed by atoms with E-state index in [0.29, 0.717) is 12.8 Å². The fourth-order valence-corrected chi connectivity index (χ4v) is 1.19. The second-order valence-corrected chi connectivity index (χ2v) is 3.86. The summed E-state index contributed by atoms with van der Waals surface area (Å²) in [6.45, 7) is 1.85. The van der Waals surface area contributed by atoms with Crippen LogP contribution in [0.25, 0.3) is 0 Å². The molecule has 0 aliphatic heterocycles. The molecule has 0 amide bonds. The van der Waals surface area contributed by atoms with Gasteiger partial charge in [0.05, 0.1) is 6.42 Å². The Morgan fingerprint density at radius 3 is 2.12 bits per heavy atom. The number of halogens is 5. The molecule has 0 heterocycles. The predicted molar refractivity (Wildman–Crippen MR) is 50.8 cm³/mol. The second-order valence-electron chi connectivity index (χ2n) is 3.86. The molecule has 0 aromatic carbocycles. The third-order valence-electron chi connectivity index (χ3n) is 2.26. The van der Waals surface area contributed by atoms with Gasteiger partial charge in [-0.3, -0.25) is 4.79 Å². The largest absolute Gasteiger partial charge is 0.453 e. The molecule has 1 atom stereocenters. The van der Waals surface area contributed by atoms with E-state index in [-0.39, 0.29) is 6.42 Å². The predicted octanol–water partition coefficient (Wildman–Crippen LogP) is 3.08. The molecule has 0 bridgehead atoms. The zero-order valence-corrected chi connectivity index (χ0v) is 9.36. The summed E-state index contributed by atoms with van der Waals surface area (Å²) in [5, 5.41) is 9.12. The quantitative estimate of drug-likeness (QED) is 0.565. The van der Waals surface area contributed by atoms with Crippen molar-refractivity contribution >= 4 is 5.78 Å². The Morgan fingerprint density at radius 2 is 1.71 bits per heavy atom. The van der Waals surface area contributed by atoms with Gasteiger partial charge in [-0.25, -0.2) is 0 Å². The van der Waals surface area contributed by atoms with Crippen LogP contribution in [0.2, 0.25) is 0 Å². The minimum absolute atomic E-state index is 0.0827. The number of aliphatic hydroxyl groups excluding tert-OH is 1. The van der Waals surface area contributed by atoms with Gasteiger partial charge in [0.2, 0.25) is 0 Å². The number of carbonyl (C=O) groups is 1. The third kappa shape index (κ3) is 5.43. The smallest absolute Gasteiger partial charge is 0.385 e. The van der Waals surface area contributed by atoms with Crippen LogP contribution in [0.15, 0.2) is 0 Å². The van der Waals surface area contributed by atoms with Gasteiger partial charge in [-0.1, -0.05) is 26.2 Å². The van der Waals surface area contributed by atoms with Crippen molar-refractivity contribution in [3.8, 4) is 0 Å². The first-order valence-electron chi connectivity index (χ1n) is 5.27. The van der Waals surface area contributed by atoms with E-state index in [9.17, 15) is 26.7 Å². The number of aliphatic hydroxyl groups is 1. The van der Waals surface area contributed by atoms with Crippen LogP contribution < -0.4 is 0 Å². The van der Waals surface area contributed by atoms with Crippen molar-refractivity contribution in [1.29, 1.82) is 0 Å². The first-order chi connectivity index (χ1) is 7.62. The fraction of sp³-hybridized carbons (Fsp3) is 0.900. The highest BCUT2D eigenvalue weighted by Crippen LogP contribution is 2.38. The van der Waals surface area contributed by atoms with Crippen LogP contribution in [0.4, 0.5) is 22.0 Å². The van der Waals surface area contributed by atoms with Crippen molar-refractivity contribution in [1.82, 2.24) is 0 Å². The first kappa shape index (κ1) is 16.3. The summed E-state index contributed by atoms with van der Waals surface area (Å²) in [4.78, 5) is 11.0. The lowest BCUT2D eigenvalue weighted by molar-refractivity contribution is -0.282. The van der Waals surface area contributed by atoms with Crippen LogP contribution in [-0.2, 0) is 4.79 Å². The number of hydrogen-bond acceptors (Lipinski definition) is 2. The monoisotopic (exact) mass is 262 g/mol. The number of rotatable bonds is 7. The van der Waals surface area contributed by atoms with Gasteiger partial charge >= 0.3 is 12.1 Å². The van der Waals surface area contributed by atoms with Crippen LogP contribution in [0.5, 0.6) is 0 Å². The van der Waals surface area contributed by atoms with Crippen molar-refractivity contribution in [3.63, 3.8) is 0 Å². The molecule has 0 aromatic heterocycles.